The summed E-state index contributed by atoms with van der Waals surface area (Å²) in [5, 5.41) is 89.6. The van der Waals surface area contributed by atoms with Gasteiger partial charge < -0.3 is 44.6 Å². The molecule has 1 aliphatic rings. The molecule has 30 nitrogen and oxygen atoms in total. The first kappa shape index (κ1) is 48.1. The van der Waals surface area contributed by atoms with E-state index in [1.54, 1.807) is 6.92 Å². The number of carbonyl (C=O) groups is 2. The summed E-state index contributed by atoms with van der Waals surface area (Å²) in [7, 11) is -11.0. The van der Waals surface area contributed by atoms with E-state index in [1.807, 2.05) is 11.8 Å². The normalized spacial score (nSPS) is 21.9. The van der Waals surface area contributed by atoms with E-state index >= 15 is 0 Å². The van der Waals surface area contributed by atoms with Crippen molar-refractivity contribution in [3.8, 4) is 59.2 Å². The molecular formula is C22H22O30P2. The summed E-state index contributed by atoms with van der Waals surface area (Å²) in [6, 6.07) is 0. The van der Waals surface area contributed by atoms with Crippen molar-refractivity contribution in [1.82, 2.24) is 0 Å². The van der Waals surface area contributed by atoms with Gasteiger partial charge in [0, 0.05) is 36.2 Å². The lowest BCUT2D eigenvalue weighted by Crippen LogP contribution is -2.64. The molecule has 0 bridgehead atoms. The Labute approximate surface area is 297 Å². The molecule has 0 amide bonds. The molecule has 0 aromatic carbocycles. The van der Waals surface area contributed by atoms with E-state index in [9.17, 15) is 44.0 Å². The fraction of sp³-hybridized carbons (Fsp3) is 0.455. The summed E-state index contributed by atoms with van der Waals surface area (Å²) in [4.78, 5) is 56.0. The molecule has 300 valence electrons. The van der Waals surface area contributed by atoms with E-state index in [2.05, 4.69) is 131 Å². The van der Waals surface area contributed by atoms with Crippen LogP contribution in [0.5, 0.6) is 0 Å². The first-order chi connectivity index (χ1) is 25.6. The van der Waals surface area contributed by atoms with Crippen LogP contribution in [-0.2, 0) is 102 Å². The van der Waals surface area contributed by atoms with Gasteiger partial charge in [-0.2, -0.15) is 0 Å². The van der Waals surface area contributed by atoms with Gasteiger partial charge in [-0.1, -0.05) is 5.92 Å². The second-order valence-corrected chi connectivity index (χ2v) is 10.8. The zero-order valence-corrected chi connectivity index (χ0v) is 27.7. The molecule has 1 rings (SSSR count). The molecule has 1 fully saturated rings. The Hall–Kier alpha value is -3.92. The van der Waals surface area contributed by atoms with Crippen molar-refractivity contribution >= 4 is 27.8 Å². The van der Waals surface area contributed by atoms with Crippen LogP contribution in [0.4, 0.5) is 4.79 Å². The lowest BCUT2D eigenvalue weighted by atomic mass is 9.85. The molecule has 0 aliphatic heterocycles. The predicted octanol–water partition coefficient (Wildman–Crippen LogP) is -3.82. The van der Waals surface area contributed by atoms with Gasteiger partial charge in [0.2, 0.25) is 0 Å². The summed E-state index contributed by atoms with van der Waals surface area (Å²) in [6.07, 6.45) is -18.3. The van der Waals surface area contributed by atoms with Gasteiger partial charge in [-0.15, -0.1) is 0 Å². The number of phosphoric ester groups is 2. The average molecular weight is 828 g/mol. The molecule has 0 heterocycles. The SMILES string of the molecule is CC#CC#CC#CC#CC#CC(=O)OC[C@H](COP(=O)(O)OC1C(O)[C@H](OP(=O)(O)O)[C@@H](O)C(O)[C@@H]1O)OC(=O)OOOOOOOOOOOOOO. The molecule has 8 N–H and O–H groups in total. The van der Waals surface area contributed by atoms with Gasteiger partial charge in [0.05, 0.1) is 6.61 Å². The van der Waals surface area contributed by atoms with Gasteiger partial charge in [-0.3, -0.25) is 13.6 Å². The molecule has 0 radical (unpaired) electrons. The van der Waals surface area contributed by atoms with Gasteiger partial charge in [-0.25, -0.2) is 28.9 Å². The quantitative estimate of drug-likeness (QED) is 0.00985. The van der Waals surface area contributed by atoms with Gasteiger partial charge in [0.1, 0.15) is 43.2 Å². The number of ether oxygens (including phenoxy) is 2. The molecule has 4 unspecified atom stereocenters. The Bertz CT molecular complexity index is 1590. The third-order valence-electron chi connectivity index (χ3n) is 4.78. The predicted molar refractivity (Wildman–Crippen MR) is 144 cm³/mol. The lowest BCUT2D eigenvalue weighted by Gasteiger charge is -2.43. The van der Waals surface area contributed by atoms with Crippen LogP contribution >= 0.6 is 15.6 Å². The van der Waals surface area contributed by atoms with Crippen LogP contribution in [0.2, 0.25) is 0 Å². The minimum absolute atomic E-state index is 1.05. The maximum Gasteiger partial charge on any atom is 0.543 e. The smallest absolute Gasteiger partial charge is 0.452 e. The summed E-state index contributed by atoms with van der Waals surface area (Å²) < 4.78 is 46.6. The minimum Gasteiger partial charge on any atom is -0.452 e. The molecule has 8 atom stereocenters. The highest BCUT2D eigenvalue weighted by atomic mass is 31.2. The largest absolute Gasteiger partial charge is 0.543 e. The van der Waals surface area contributed by atoms with Crippen LogP contribution in [0.1, 0.15) is 6.92 Å². The highest BCUT2D eigenvalue weighted by Crippen LogP contribution is 2.48. The zero-order chi connectivity index (χ0) is 40.4. The second kappa shape index (κ2) is 26.8. The summed E-state index contributed by atoms with van der Waals surface area (Å²) in [5.41, 5.74) is 0. The van der Waals surface area contributed by atoms with E-state index in [0.717, 1.165) is 0 Å². The maximum atomic E-state index is 12.6. The Morgan fingerprint density at radius 3 is 1.63 bits per heavy atom. The summed E-state index contributed by atoms with van der Waals surface area (Å²) in [5.74, 6) is 21.2. The first-order valence-corrected chi connectivity index (χ1v) is 15.9. The van der Waals surface area contributed by atoms with Crippen LogP contribution in [0, 0.1) is 59.2 Å². The monoisotopic (exact) mass is 828 g/mol. The molecule has 0 spiro atoms. The first-order valence-electron chi connectivity index (χ1n) is 12.8. The van der Waals surface area contributed by atoms with Crippen molar-refractivity contribution < 1.29 is 147 Å². The summed E-state index contributed by atoms with van der Waals surface area (Å²) >= 11 is 0. The Morgan fingerprint density at radius 1 is 0.630 bits per heavy atom. The van der Waals surface area contributed by atoms with Crippen molar-refractivity contribution in [2.75, 3.05) is 13.2 Å². The third kappa shape index (κ3) is 21.7. The number of phosphoric acid groups is 2. The average Bonchev–Trinajstić information content (AvgIpc) is 3.11. The van der Waals surface area contributed by atoms with Gasteiger partial charge in [0.25, 0.3) is 0 Å². The molecule has 54 heavy (non-hydrogen) atoms. The maximum absolute atomic E-state index is 12.6. The van der Waals surface area contributed by atoms with Crippen LogP contribution in [0.25, 0.3) is 0 Å². The number of esters is 1. The van der Waals surface area contributed by atoms with E-state index < -0.39 is 83.7 Å². The lowest BCUT2D eigenvalue weighted by molar-refractivity contribution is -0.874. The second-order valence-electron chi connectivity index (χ2n) is 8.23. The van der Waals surface area contributed by atoms with Gasteiger partial charge in [-0.05, 0) is 84.5 Å². The Balaban J connectivity index is 2.83. The van der Waals surface area contributed by atoms with Crippen LogP contribution in [-0.4, -0.2) is 108 Å². The minimum atomic E-state index is -5.58. The van der Waals surface area contributed by atoms with Gasteiger partial charge >= 0.3 is 27.8 Å². The number of hydrogen-bond acceptors (Lipinski definition) is 27. The number of rotatable bonds is 22. The molecule has 32 heteroatoms. The van der Waals surface area contributed by atoms with Gasteiger partial charge in [0.15, 0.2) is 6.10 Å². The van der Waals surface area contributed by atoms with E-state index in [0.29, 0.717) is 0 Å². The number of aliphatic hydroxyl groups is 4. The molecule has 0 aromatic rings. The topological polar surface area (TPSA) is 396 Å². The van der Waals surface area contributed by atoms with Crippen LogP contribution in [0.15, 0.2) is 0 Å². The highest BCUT2D eigenvalue weighted by Gasteiger charge is 2.54. The number of aliphatic hydroxyl groups excluding tert-OH is 4. The van der Waals surface area contributed by atoms with Crippen molar-refractivity contribution in [2.45, 2.75) is 49.7 Å². The van der Waals surface area contributed by atoms with Crippen LogP contribution < -0.4 is 0 Å². The van der Waals surface area contributed by atoms with E-state index in [4.69, 9.17) is 19.8 Å². The van der Waals surface area contributed by atoms with Crippen LogP contribution in [0.3, 0.4) is 0 Å². The van der Waals surface area contributed by atoms with Crippen molar-refractivity contribution in [2.24, 2.45) is 0 Å². The fourth-order valence-electron chi connectivity index (χ4n) is 2.92. The molecule has 1 aliphatic carbocycles. The standard InChI is InChI=1S/C22H22O30P2/c1-2-3-4-5-6-7-8-9-10-11-15(23)35-12-14(37-22(28)38-42-44-46-48-50-52-51-49-47-45-43-41-29)13-36-54(33,34)40-21-18(26)16(24)17(25)20(19(21)27)39-53(30,31)32/h14,16-21,24-27,29H,12-13H2,1H3,(H,33,34)(H2,30,31,32)/t14-,16?,17+,18+,19?,20-,21?/m1/s1. The summed E-state index contributed by atoms with van der Waals surface area (Å²) in [6.45, 7) is -0.776. The van der Waals surface area contributed by atoms with E-state index in [-0.39, 0.29) is 0 Å². The highest BCUT2D eigenvalue weighted by molar-refractivity contribution is 7.47. The number of carbonyl (C=O) groups excluding carboxylic acids is 2. The fourth-order valence-corrected chi connectivity index (χ4v) is 4.46. The Morgan fingerprint density at radius 2 is 1.11 bits per heavy atom. The zero-order valence-electron chi connectivity index (χ0n) is 25.9. The molecule has 0 aromatic heterocycles. The Kier molecular flexibility index (Phi) is 23.9. The molecular weight excluding hydrogens is 806 g/mol. The van der Waals surface area contributed by atoms with Crippen molar-refractivity contribution in [3.63, 3.8) is 0 Å². The molecule has 1 saturated carbocycles. The molecule has 0 saturated heterocycles. The van der Waals surface area contributed by atoms with Crippen molar-refractivity contribution in [1.29, 1.82) is 0 Å². The van der Waals surface area contributed by atoms with E-state index in [1.165, 1.54) is 0 Å². The third-order valence-corrected chi connectivity index (χ3v) is 6.29. The number of hydrogen-bond donors (Lipinski definition) is 8. The van der Waals surface area contributed by atoms with Crippen molar-refractivity contribution in [3.05, 3.63) is 0 Å².